The van der Waals surface area contributed by atoms with E-state index in [2.05, 4.69) is 104 Å². The minimum Gasteiger partial charge on any atom is -0.543 e. The fraction of sp³-hybridized carbons (Fsp3) is 0.545. The summed E-state index contributed by atoms with van der Waals surface area (Å²) in [6.07, 6.45) is 0. The number of rotatable bonds is 4. The SMILES string of the molecule is CC(C)(C)[Si](C)(C)Oc1ccc2cc(O[Si](C)(C)C(C)(C)C)ccc2c1. The maximum absolute atomic E-state index is 6.44. The Morgan fingerprint density at radius 2 is 0.885 bits per heavy atom. The molecule has 0 aliphatic carbocycles. The first kappa shape index (κ1) is 21.0. The van der Waals surface area contributed by atoms with Crippen molar-refractivity contribution in [1.82, 2.24) is 0 Å². The average molecular weight is 389 g/mol. The molecule has 0 aliphatic heterocycles. The molecular weight excluding hydrogens is 352 g/mol. The van der Waals surface area contributed by atoms with Crippen LogP contribution in [0.3, 0.4) is 0 Å². The van der Waals surface area contributed by atoms with Gasteiger partial charge in [0.05, 0.1) is 0 Å². The normalized spacial score (nSPS) is 13.8. The summed E-state index contributed by atoms with van der Waals surface area (Å²) < 4.78 is 12.9. The van der Waals surface area contributed by atoms with Crippen LogP contribution in [0.4, 0.5) is 0 Å². The summed E-state index contributed by atoms with van der Waals surface area (Å²) in [6, 6.07) is 12.8. The highest BCUT2D eigenvalue weighted by molar-refractivity contribution is 6.75. The smallest absolute Gasteiger partial charge is 0.250 e. The third-order valence-corrected chi connectivity index (χ3v) is 14.9. The van der Waals surface area contributed by atoms with Crippen molar-refractivity contribution in [2.75, 3.05) is 0 Å². The van der Waals surface area contributed by atoms with Crippen molar-refractivity contribution in [3.8, 4) is 11.5 Å². The van der Waals surface area contributed by atoms with Gasteiger partial charge in [0, 0.05) is 0 Å². The van der Waals surface area contributed by atoms with Crippen molar-refractivity contribution in [1.29, 1.82) is 0 Å². The maximum Gasteiger partial charge on any atom is 0.250 e. The van der Waals surface area contributed by atoms with E-state index in [1.807, 2.05) is 0 Å². The van der Waals surface area contributed by atoms with E-state index in [0.717, 1.165) is 11.5 Å². The van der Waals surface area contributed by atoms with Crippen LogP contribution in [0.5, 0.6) is 11.5 Å². The molecule has 26 heavy (non-hydrogen) atoms. The first-order valence-electron chi connectivity index (χ1n) is 9.54. The van der Waals surface area contributed by atoms with E-state index in [0.29, 0.717) is 0 Å². The zero-order valence-electron chi connectivity index (χ0n) is 18.3. The predicted molar refractivity (Wildman–Crippen MR) is 120 cm³/mol. The first-order chi connectivity index (χ1) is 11.6. The maximum atomic E-state index is 6.44. The molecule has 0 bridgehead atoms. The standard InChI is InChI=1S/C22H36O2Si2/c1-21(2,3)25(7,8)23-19-13-11-18-16-20(14-12-17(18)15-19)24-26(9,10)22(4,5)6/h11-16H,1-10H3. The Hall–Kier alpha value is -1.27. The molecule has 0 spiro atoms. The molecule has 0 fully saturated rings. The zero-order valence-corrected chi connectivity index (χ0v) is 20.3. The summed E-state index contributed by atoms with van der Waals surface area (Å²) in [5, 5.41) is 2.79. The van der Waals surface area contributed by atoms with Crippen molar-refractivity contribution in [3.05, 3.63) is 36.4 Å². The van der Waals surface area contributed by atoms with Crippen LogP contribution in [0.2, 0.25) is 36.3 Å². The van der Waals surface area contributed by atoms with Gasteiger partial charge in [0.1, 0.15) is 11.5 Å². The quantitative estimate of drug-likeness (QED) is 0.502. The molecule has 0 aliphatic rings. The van der Waals surface area contributed by atoms with Crippen LogP contribution < -0.4 is 8.85 Å². The molecule has 0 radical (unpaired) electrons. The number of hydrogen-bond donors (Lipinski definition) is 0. The summed E-state index contributed by atoms with van der Waals surface area (Å²) in [6.45, 7) is 22.8. The minimum atomic E-state index is -1.82. The fourth-order valence-electron chi connectivity index (χ4n) is 2.22. The lowest BCUT2D eigenvalue weighted by Gasteiger charge is -2.36. The van der Waals surface area contributed by atoms with Crippen LogP contribution in [0.15, 0.2) is 36.4 Å². The van der Waals surface area contributed by atoms with Crippen LogP contribution >= 0.6 is 0 Å². The summed E-state index contributed by atoms with van der Waals surface area (Å²) in [7, 11) is -3.63. The molecule has 2 aromatic rings. The Morgan fingerprint density at radius 3 is 1.15 bits per heavy atom. The molecule has 0 saturated carbocycles. The topological polar surface area (TPSA) is 18.5 Å². The molecule has 0 saturated heterocycles. The third-order valence-electron chi connectivity index (χ3n) is 6.14. The van der Waals surface area contributed by atoms with Gasteiger partial charge in [0.15, 0.2) is 0 Å². The summed E-state index contributed by atoms with van der Waals surface area (Å²) >= 11 is 0. The van der Waals surface area contributed by atoms with Crippen molar-refractivity contribution >= 4 is 27.4 Å². The lowest BCUT2D eigenvalue weighted by Crippen LogP contribution is -2.43. The van der Waals surface area contributed by atoms with Gasteiger partial charge in [-0.1, -0.05) is 53.7 Å². The molecule has 144 valence electrons. The second-order valence-electron chi connectivity index (χ2n) is 10.4. The fourth-order valence-corrected chi connectivity index (χ4v) is 4.27. The molecule has 0 unspecified atom stereocenters. The summed E-state index contributed by atoms with van der Waals surface area (Å²) in [5.41, 5.74) is 0. The number of fused-ring (bicyclic) bond motifs is 1. The van der Waals surface area contributed by atoms with E-state index in [1.54, 1.807) is 0 Å². The Balaban J connectivity index is 2.28. The predicted octanol–water partition coefficient (Wildman–Crippen LogP) is 7.61. The molecule has 0 aromatic heterocycles. The van der Waals surface area contributed by atoms with Gasteiger partial charge in [-0.25, -0.2) is 0 Å². The van der Waals surface area contributed by atoms with Gasteiger partial charge in [-0.3, -0.25) is 0 Å². The molecule has 4 heteroatoms. The van der Waals surface area contributed by atoms with Crippen LogP contribution in [0.25, 0.3) is 10.8 Å². The van der Waals surface area contributed by atoms with Gasteiger partial charge in [-0.05, 0) is 71.3 Å². The van der Waals surface area contributed by atoms with Crippen LogP contribution in [0, 0.1) is 0 Å². The zero-order chi connectivity index (χ0) is 20.0. The monoisotopic (exact) mass is 388 g/mol. The summed E-state index contributed by atoms with van der Waals surface area (Å²) in [4.78, 5) is 0. The highest BCUT2D eigenvalue weighted by Crippen LogP contribution is 2.39. The average Bonchev–Trinajstić information content (AvgIpc) is 2.44. The van der Waals surface area contributed by atoms with Gasteiger partial charge in [0.2, 0.25) is 16.6 Å². The van der Waals surface area contributed by atoms with E-state index in [1.165, 1.54) is 10.8 Å². The van der Waals surface area contributed by atoms with Crippen LogP contribution in [0.1, 0.15) is 41.5 Å². The molecule has 0 atom stereocenters. The molecule has 2 nitrogen and oxygen atoms in total. The van der Waals surface area contributed by atoms with Gasteiger partial charge < -0.3 is 8.85 Å². The van der Waals surface area contributed by atoms with E-state index in [-0.39, 0.29) is 10.1 Å². The first-order valence-corrected chi connectivity index (χ1v) is 15.4. The molecule has 2 rings (SSSR count). The second kappa shape index (κ2) is 6.72. The highest BCUT2D eigenvalue weighted by atomic mass is 28.4. The summed E-state index contributed by atoms with van der Waals surface area (Å²) in [5.74, 6) is 1.95. The minimum absolute atomic E-state index is 0.197. The van der Waals surface area contributed by atoms with Crippen molar-refractivity contribution in [2.45, 2.75) is 77.8 Å². The van der Waals surface area contributed by atoms with Gasteiger partial charge >= 0.3 is 0 Å². The Labute approximate surface area is 162 Å². The van der Waals surface area contributed by atoms with Crippen molar-refractivity contribution < 1.29 is 8.85 Å². The van der Waals surface area contributed by atoms with Crippen LogP contribution in [-0.4, -0.2) is 16.6 Å². The van der Waals surface area contributed by atoms with Gasteiger partial charge in [0.25, 0.3) is 0 Å². The molecule has 0 N–H and O–H groups in total. The van der Waals surface area contributed by atoms with E-state index in [4.69, 9.17) is 8.85 Å². The second-order valence-corrected chi connectivity index (χ2v) is 19.8. The van der Waals surface area contributed by atoms with Gasteiger partial charge in [-0.15, -0.1) is 0 Å². The lowest BCUT2D eigenvalue weighted by atomic mass is 10.1. The van der Waals surface area contributed by atoms with Crippen LogP contribution in [-0.2, 0) is 0 Å². The number of hydrogen-bond acceptors (Lipinski definition) is 2. The molecule has 2 aromatic carbocycles. The Morgan fingerprint density at radius 1 is 0.577 bits per heavy atom. The highest BCUT2D eigenvalue weighted by Gasteiger charge is 2.39. The lowest BCUT2D eigenvalue weighted by molar-refractivity contribution is 0.491. The van der Waals surface area contributed by atoms with Crippen molar-refractivity contribution in [3.63, 3.8) is 0 Å². The van der Waals surface area contributed by atoms with E-state index >= 15 is 0 Å². The van der Waals surface area contributed by atoms with E-state index < -0.39 is 16.6 Å². The third kappa shape index (κ3) is 4.52. The molecule has 0 heterocycles. The molecule has 0 amide bonds. The largest absolute Gasteiger partial charge is 0.543 e. The Bertz CT molecular complexity index is 714. The van der Waals surface area contributed by atoms with Gasteiger partial charge in [-0.2, -0.15) is 0 Å². The Kier molecular flexibility index (Phi) is 5.44. The number of benzene rings is 2. The van der Waals surface area contributed by atoms with Crippen molar-refractivity contribution in [2.24, 2.45) is 0 Å². The van der Waals surface area contributed by atoms with E-state index in [9.17, 15) is 0 Å². The molecular formula is C22H36O2Si2.